The Labute approximate surface area is 163 Å². The van der Waals surface area contributed by atoms with Crippen LogP contribution in [-0.2, 0) is 13.0 Å². The minimum Gasteiger partial charge on any atom is -0.491 e. The molecule has 1 saturated heterocycles. The highest BCUT2D eigenvalue weighted by atomic mass is 16.5. The maximum absolute atomic E-state index is 10.2. The van der Waals surface area contributed by atoms with Crippen molar-refractivity contribution in [3.8, 4) is 5.75 Å². The van der Waals surface area contributed by atoms with Gasteiger partial charge in [0.15, 0.2) is 0 Å². The number of ether oxygens (including phenoxy) is 1. The zero-order valence-corrected chi connectivity index (χ0v) is 16.3. The van der Waals surface area contributed by atoms with Gasteiger partial charge in [0.25, 0.3) is 0 Å². The number of nitrogens with one attached hydrogen (secondary N) is 1. The second-order valence-corrected chi connectivity index (χ2v) is 7.41. The molecule has 0 amide bonds. The first-order chi connectivity index (χ1) is 13.2. The van der Waals surface area contributed by atoms with Crippen molar-refractivity contribution < 1.29 is 9.84 Å². The first-order valence-electron chi connectivity index (χ1n) is 10.1. The molecule has 2 aromatic rings. The van der Waals surface area contributed by atoms with E-state index in [9.17, 15) is 5.11 Å². The van der Waals surface area contributed by atoms with Crippen LogP contribution in [0.15, 0.2) is 54.6 Å². The summed E-state index contributed by atoms with van der Waals surface area (Å²) in [5.74, 6) is 0.836. The molecular weight excluding hydrogens is 336 g/mol. The van der Waals surface area contributed by atoms with Crippen molar-refractivity contribution in [2.45, 2.75) is 44.9 Å². The summed E-state index contributed by atoms with van der Waals surface area (Å²) in [6.07, 6.45) is 2.75. The zero-order valence-electron chi connectivity index (χ0n) is 16.3. The van der Waals surface area contributed by atoms with Crippen LogP contribution in [0.3, 0.4) is 0 Å². The predicted molar refractivity (Wildman–Crippen MR) is 110 cm³/mol. The summed E-state index contributed by atoms with van der Waals surface area (Å²) in [5.41, 5.74) is 2.63. The average Bonchev–Trinajstić information content (AvgIpc) is 2.72. The summed E-state index contributed by atoms with van der Waals surface area (Å²) in [6, 6.07) is 19.2. The Balaban J connectivity index is 1.32. The van der Waals surface area contributed by atoms with Gasteiger partial charge in [-0.25, -0.2) is 0 Å². The van der Waals surface area contributed by atoms with Crippen molar-refractivity contribution in [2.75, 3.05) is 26.2 Å². The summed E-state index contributed by atoms with van der Waals surface area (Å²) in [7, 11) is 0. The molecule has 27 heavy (non-hydrogen) atoms. The second kappa shape index (κ2) is 10.5. The molecule has 0 saturated carbocycles. The van der Waals surface area contributed by atoms with Crippen LogP contribution in [0.1, 0.15) is 30.9 Å². The smallest absolute Gasteiger partial charge is 0.119 e. The normalized spacial score (nSPS) is 17.0. The highest BCUT2D eigenvalue weighted by Gasteiger charge is 2.19. The van der Waals surface area contributed by atoms with Gasteiger partial charge in [0, 0.05) is 19.1 Å². The van der Waals surface area contributed by atoms with Crippen LogP contribution < -0.4 is 10.1 Å². The number of aliphatic hydroxyl groups is 1. The number of aryl methyl sites for hydroxylation is 1. The van der Waals surface area contributed by atoms with Gasteiger partial charge in [0.05, 0.1) is 0 Å². The molecule has 0 unspecified atom stereocenters. The molecule has 0 aliphatic carbocycles. The highest BCUT2D eigenvalue weighted by Crippen LogP contribution is 2.15. The Morgan fingerprint density at radius 3 is 2.56 bits per heavy atom. The third-order valence-corrected chi connectivity index (χ3v) is 5.23. The van der Waals surface area contributed by atoms with Gasteiger partial charge in [0.2, 0.25) is 0 Å². The standard InChI is InChI=1S/C23H32N2O2/c1-2-19-9-6-10-23(15-19)27-18-22(26)16-24-21-11-13-25(14-12-21)17-20-7-4-3-5-8-20/h3-10,15,21-22,24,26H,2,11-14,16-18H2,1H3/t22-/m0/s1. The van der Waals surface area contributed by atoms with Crippen molar-refractivity contribution in [2.24, 2.45) is 0 Å². The largest absolute Gasteiger partial charge is 0.491 e. The molecule has 4 nitrogen and oxygen atoms in total. The third kappa shape index (κ3) is 6.65. The zero-order chi connectivity index (χ0) is 18.9. The van der Waals surface area contributed by atoms with Crippen LogP contribution in [0.5, 0.6) is 5.75 Å². The van der Waals surface area contributed by atoms with Gasteiger partial charge >= 0.3 is 0 Å². The van der Waals surface area contributed by atoms with E-state index in [2.05, 4.69) is 53.5 Å². The Morgan fingerprint density at radius 1 is 1.07 bits per heavy atom. The molecule has 2 N–H and O–H groups in total. The summed E-state index contributed by atoms with van der Waals surface area (Å²) < 4.78 is 5.74. The summed E-state index contributed by atoms with van der Waals surface area (Å²) in [5, 5.41) is 13.7. The molecule has 146 valence electrons. The lowest BCUT2D eigenvalue weighted by atomic mass is 10.0. The van der Waals surface area contributed by atoms with E-state index in [0.717, 1.165) is 44.6 Å². The van der Waals surface area contributed by atoms with Crippen LogP contribution in [0.2, 0.25) is 0 Å². The number of nitrogens with zero attached hydrogens (tertiary/aromatic N) is 1. The Bertz CT molecular complexity index is 669. The Kier molecular flexibility index (Phi) is 7.69. The van der Waals surface area contributed by atoms with E-state index in [1.807, 2.05) is 18.2 Å². The Morgan fingerprint density at radius 2 is 1.81 bits per heavy atom. The number of hydrogen-bond donors (Lipinski definition) is 2. The summed E-state index contributed by atoms with van der Waals surface area (Å²) in [6.45, 7) is 6.26. The van der Waals surface area contributed by atoms with Gasteiger partial charge in [-0.05, 0) is 55.6 Å². The third-order valence-electron chi connectivity index (χ3n) is 5.23. The van der Waals surface area contributed by atoms with Gasteiger partial charge in [-0.15, -0.1) is 0 Å². The van der Waals surface area contributed by atoms with E-state index in [4.69, 9.17) is 4.74 Å². The van der Waals surface area contributed by atoms with E-state index in [1.54, 1.807) is 0 Å². The number of likely N-dealkylation sites (tertiary alicyclic amines) is 1. The lowest BCUT2D eigenvalue weighted by Gasteiger charge is -2.33. The van der Waals surface area contributed by atoms with Crippen LogP contribution in [0, 0.1) is 0 Å². The second-order valence-electron chi connectivity index (χ2n) is 7.41. The van der Waals surface area contributed by atoms with Crippen molar-refractivity contribution >= 4 is 0 Å². The van der Waals surface area contributed by atoms with Gasteiger partial charge < -0.3 is 15.2 Å². The molecule has 4 heteroatoms. The number of rotatable bonds is 9. The molecule has 0 radical (unpaired) electrons. The molecule has 1 atom stereocenters. The van der Waals surface area contributed by atoms with Crippen molar-refractivity contribution in [1.82, 2.24) is 10.2 Å². The fraction of sp³-hybridized carbons (Fsp3) is 0.478. The summed E-state index contributed by atoms with van der Waals surface area (Å²) in [4.78, 5) is 2.51. The van der Waals surface area contributed by atoms with Crippen LogP contribution >= 0.6 is 0 Å². The molecule has 0 bridgehead atoms. The molecule has 1 aliphatic rings. The number of aliphatic hydroxyl groups excluding tert-OH is 1. The first kappa shape index (κ1) is 19.9. The number of piperidine rings is 1. The molecule has 0 spiro atoms. The summed E-state index contributed by atoms with van der Waals surface area (Å²) >= 11 is 0. The Hall–Kier alpha value is -1.88. The van der Waals surface area contributed by atoms with Gasteiger partial charge in [-0.2, -0.15) is 0 Å². The maximum Gasteiger partial charge on any atom is 0.119 e. The SMILES string of the molecule is CCc1cccc(OC[C@@H](O)CNC2CCN(Cc3ccccc3)CC2)c1. The van der Waals surface area contributed by atoms with Crippen LogP contribution in [0.25, 0.3) is 0 Å². The fourth-order valence-electron chi connectivity index (χ4n) is 3.55. The molecule has 1 aliphatic heterocycles. The minimum absolute atomic E-state index is 0.326. The van der Waals surface area contributed by atoms with E-state index in [-0.39, 0.29) is 0 Å². The van der Waals surface area contributed by atoms with Crippen molar-refractivity contribution in [1.29, 1.82) is 0 Å². The number of benzene rings is 2. The van der Waals surface area contributed by atoms with E-state index in [0.29, 0.717) is 19.2 Å². The highest BCUT2D eigenvalue weighted by molar-refractivity contribution is 5.28. The predicted octanol–water partition coefficient (Wildman–Crippen LogP) is 3.24. The molecule has 1 heterocycles. The molecular formula is C23H32N2O2. The lowest BCUT2D eigenvalue weighted by Crippen LogP contribution is -2.45. The van der Waals surface area contributed by atoms with Crippen molar-refractivity contribution in [3.05, 3.63) is 65.7 Å². The van der Waals surface area contributed by atoms with E-state index >= 15 is 0 Å². The van der Waals surface area contributed by atoms with Crippen LogP contribution in [-0.4, -0.2) is 48.4 Å². The topological polar surface area (TPSA) is 44.7 Å². The quantitative estimate of drug-likeness (QED) is 0.713. The lowest BCUT2D eigenvalue weighted by molar-refractivity contribution is 0.0979. The molecule has 3 rings (SSSR count). The van der Waals surface area contributed by atoms with Crippen LogP contribution in [0.4, 0.5) is 0 Å². The monoisotopic (exact) mass is 368 g/mol. The van der Waals surface area contributed by atoms with E-state index in [1.165, 1.54) is 11.1 Å². The van der Waals surface area contributed by atoms with Gasteiger partial charge in [-0.1, -0.05) is 49.4 Å². The first-order valence-corrected chi connectivity index (χ1v) is 10.1. The van der Waals surface area contributed by atoms with Gasteiger partial charge in [-0.3, -0.25) is 4.90 Å². The molecule has 0 aromatic heterocycles. The molecule has 1 fully saturated rings. The van der Waals surface area contributed by atoms with Gasteiger partial charge in [0.1, 0.15) is 18.5 Å². The number of hydrogen-bond acceptors (Lipinski definition) is 4. The maximum atomic E-state index is 10.2. The van der Waals surface area contributed by atoms with Crippen molar-refractivity contribution in [3.63, 3.8) is 0 Å². The van der Waals surface area contributed by atoms with E-state index < -0.39 is 6.10 Å². The molecule has 2 aromatic carbocycles. The fourth-order valence-corrected chi connectivity index (χ4v) is 3.55. The minimum atomic E-state index is -0.488. The average molecular weight is 369 g/mol.